The zero-order valence-electron chi connectivity index (χ0n) is 15.2. The molecule has 2 aromatic carbocycles. The summed E-state index contributed by atoms with van der Waals surface area (Å²) < 4.78 is 19.3. The Morgan fingerprint density at radius 3 is 2.56 bits per heavy atom. The van der Waals surface area contributed by atoms with Crippen molar-refractivity contribution in [3.05, 3.63) is 70.0 Å². The average Bonchev–Trinajstić information content (AvgIpc) is 2.63. The monoisotopic (exact) mass is 390 g/mol. The first-order valence-corrected chi connectivity index (χ1v) is 8.62. The van der Waals surface area contributed by atoms with Crippen molar-refractivity contribution in [3.63, 3.8) is 0 Å². The number of nitrogens with one attached hydrogen (secondary N) is 2. The number of hydrogen-bond acceptors (Lipinski definition) is 3. The van der Waals surface area contributed by atoms with Crippen LogP contribution in [0.25, 0.3) is 6.08 Å². The molecule has 0 unspecified atom stereocenters. The number of amides is 2. The van der Waals surface area contributed by atoms with Gasteiger partial charge in [0.05, 0.1) is 5.02 Å². The fraction of sp³-hybridized carbons (Fsp3) is 0.200. The standard InChI is InChI=1S/C20H20ClFN2O3/c1-12-6-4-9-18(13(12)2)27-14(3)20(26)24-23-19(25)11-10-15-16(21)7-5-8-17(15)22/h4-11,14H,1-3H3,(H,23,25)(H,24,26)/b11-10+/t14-/m0/s1. The van der Waals surface area contributed by atoms with Crippen LogP contribution >= 0.6 is 11.6 Å². The molecule has 0 saturated heterocycles. The van der Waals surface area contributed by atoms with E-state index in [0.717, 1.165) is 17.2 Å². The van der Waals surface area contributed by atoms with E-state index in [0.29, 0.717) is 5.75 Å². The molecule has 2 rings (SSSR count). The van der Waals surface area contributed by atoms with Gasteiger partial charge in [0.25, 0.3) is 11.8 Å². The molecule has 0 bridgehead atoms. The fourth-order valence-corrected chi connectivity index (χ4v) is 2.42. The van der Waals surface area contributed by atoms with Crippen LogP contribution in [0.2, 0.25) is 5.02 Å². The molecule has 0 fully saturated rings. The molecule has 0 heterocycles. The second-order valence-electron chi connectivity index (χ2n) is 5.91. The molecule has 2 aromatic rings. The van der Waals surface area contributed by atoms with Crippen molar-refractivity contribution in [1.82, 2.24) is 10.9 Å². The van der Waals surface area contributed by atoms with Crippen molar-refractivity contribution in [2.75, 3.05) is 0 Å². The molecule has 5 nitrogen and oxygen atoms in total. The maximum atomic E-state index is 13.6. The van der Waals surface area contributed by atoms with E-state index in [4.69, 9.17) is 16.3 Å². The quantitative estimate of drug-likeness (QED) is 0.604. The predicted octanol–water partition coefficient (Wildman–Crippen LogP) is 3.72. The van der Waals surface area contributed by atoms with Crippen LogP contribution in [-0.2, 0) is 9.59 Å². The minimum atomic E-state index is -0.823. The van der Waals surface area contributed by atoms with Gasteiger partial charge in [-0.3, -0.25) is 20.4 Å². The third-order valence-electron chi connectivity index (χ3n) is 3.94. The highest BCUT2D eigenvalue weighted by molar-refractivity contribution is 6.32. The number of hydrogen-bond donors (Lipinski definition) is 2. The Balaban J connectivity index is 1.90. The Bertz CT molecular complexity index is 863. The van der Waals surface area contributed by atoms with Crippen LogP contribution < -0.4 is 15.6 Å². The molecule has 0 aromatic heterocycles. The molecule has 0 radical (unpaired) electrons. The maximum Gasteiger partial charge on any atom is 0.279 e. The highest BCUT2D eigenvalue weighted by Gasteiger charge is 2.16. The lowest BCUT2D eigenvalue weighted by Gasteiger charge is -2.17. The van der Waals surface area contributed by atoms with Gasteiger partial charge in [-0.25, -0.2) is 4.39 Å². The molecule has 0 aliphatic carbocycles. The van der Waals surface area contributed by atoms with Crippen molar-refractivity contribution >= 4 is 29.5 Å². The number of rotatable bonds is 5. The summed E-state index contributed by atoms with van der Waals surface area (Å²) in [6, 6.07) is 9.76. The lowest BCUT2D eigenvalue weighted by molar-refractivity contribution is -0.131. The van der Waals surface area contributed by atoms with Crippen LogP contribution in [0.4, 0.5) is 4.39 Å². The summed E-state index contributed by atoms with van der Waals surface area (Å²) in [5.74, 6) is -1.12. The summed E-state index contributed by atoms with van der Waals surface area (Å²) in [5.41, 5.74) is 6.55. The van der Waals surface area contributed by atoms with E-state index >= 15 is 0 Å². The topological polar surface area (TPSA) is 67.4 Å². The molecule has 0 aliphatic heterocycles. The number of aryl methyl sites for hydroxylation is 1. The van der Waals surface area contributed by atoms with Crippen molar-refractivity contribution in [1.29, 1.82) is 0 Å². The van der Waals surface area contributed by atoms with Crippen LogP contribution in [0.15, 0.2) is 42.5 Å². The van der Waals surface area contributed by atoms with Crippen LogP contribution in [0, 0.1) is 19.7 Å². The van der Waals surface area contributed by atoms with Gasteiger partial charge < -0.3 is 4.74 Å². The smallest absolute Gasteiger partial charge is 0.279 e. The third kappa shape index (κ3) is 5.56. The highest BCUT2D eigenvalue weighted by Crippen LogP contribution is 2.22. The van der Waals surface area contributed by atoms with Gasteiger partial charge >= 0.3 is 0 Å². The van der Waals surface area contributed by atoms with E-state index in [2.05, 4.69) is 10.9 Å². The fourth-order valence-electron chi connectivity index (χ4n) is 2.19. The van der Waals surface area contributed by atoms with Crippen LogP contribution in [0.1, 0.15) is 23.6 Å². The molecular weight excluding hydrogens is 371 g/mol. The van der Waals surface area contributed by atoms with Gasteiger partial charge in [-0.15, -0.1) is 0 Å². The van der Waals surface area contributed by atoms with Gasteiger partial charge in [-0.2, -0.15) is 0 Å². The van der Waals surface area contributed by atoms with E-state index in [-0.39, 0.29) is 10.6 Å². The Kier molecular flexibility index (Phi) is 6.96. The van der Waals surface area contributed by atoms with E-state index in [1.54, 1.807) is 13.0 Å². The zero-order valence-corrected chi connectivity index (χ0v) is 15.9. The third-order valence-corrected chi connectivity index (χ3v) is 4.27. The first-order valence-electron chi connectivity index (χ1n) is 8.24. The number of carbonyl (C=O) groups is 2. The van der Waals surface area contributed by atoms with Crippen molar-refractivity contribution < 1.29 is 18.7 Å². The van der Waals surface area contributed by atoms with Crippen molar-refractivity contribution in [2.45, 2.75) is 26.9 Å². The molecule has 0 saturated carbocycles. The largest absolute Gasteiger partial charge is 0.481 e. The molecule has 0 aliphatic rings. The first-order chi connectivity index (χ1) is 12.8. The number of carbonyl (C=O) groups excluding carboxylic acids is 2. The molecular formula is C20H20ClFN2O3. The van der Waals surface area contributed by atoms with E-state index in [1.165, 1.54) is 24.3 Å². The van der Waals surface area contributed by atoms with Crippen LogP contribution in [-0.4, -0.2) is 17.9 Å². The Morgan fingerprint density at radius 1 is 1.15 bits per heavy atom. The highest BCUT2D eigenvalue weighted by atomic mass is 35.5. The first kappa shape index (κ1) is 20.5. The van der Waals surface area contributed by atoms with E-state index in [1.807, 2.05) is 26.0 Å². The summed E-state index contributed by atoms with van der Waals surface area (Å²) in [4.78, 5) is 23.9. The van der Waals surface area contributed by atoms with Gasteiger partial charge in [-0.05, 0) is 56.2 Å². The van der Waals surface area contributed by atoms with Crippen LogP contribution in [0.3, 0.4) is 0 Å². The van der Waals surface area contributed by atoms with Gasteiger partial charge in [-0.1, -0.05) is 29.8 Å². The molecule has 27 heavy (non-hydrogen) atoms. The number of hydrazine groups is 1. The lowest BCUT2D eigenvalue weighted by Crippen LogP contribution is -2.46. The molecule has 2 N–H and O–H groups in total. The second-order valence-corrected chi connectivity index (χ2v) is 6.31. The minimum absolute atomic E-state index is 0.0901. The van der Waals surface area contributed by atoms with Crippen molar-refractivity contribution in [3.8, 4) is 5.75 Å². The number of ether oxygens (including phenoxy) is 1. The van der Waals surface area contributed by atoms with E-state index < -0.39 is 23.7 Å². The summed E-state index contributed by atoms with van der Waals surface area (Å²) in [5, 5.41) is 0.179. The Labute approximate surface area is 162 Å². The normalized spacial score (nSPS) is 11.9. The van der Waals surface area contributed by atoms with Crippen molar-refractivity contribution in [2.24, 2.45) is 0 Å². The molecule has 1 atom stereocenters. The molecule has 2 amide bonds. The van der Waals surface area contributed by atoms with E-state index in [9.17, 15) is 14.0 Å². The Morgan fingerprint density at radius 2 is 1.85 bits per heavy atom. The summed E-state index contributed by atoms with van der Waals surface area (Å²) >= 11 is 5.87. The minimum Gasteiger partial charge on any atom is -0.481 e. The number of halogens is 2. The molecule has 142 valence electrons. The molecule has 0 spiro atoms. The van der Waals surface area contributed by atoms with Gasteiger partial charge in [0.1, 0.15) is 11.6 Å². The van der Waals surface area contributed by atoms with Crippen LogP contribution in [0.5, 0.6) is 5.75 Å². The lowest BCUT2D eigenvalue weighted by atomic mass is 10.1. The van der Waals surface area contributed by atoms with Gasteiger partial charge in [0.15, 0.2) is 6.10 Å². The second kappa shape index (κ2) is 9.19. The average molecular weight is 391 g/mol. The maximum absolute atomic E-state index is 13.6. The zero-order chi connectivity index (χ0) is 20.0. The summed E-state index contributed by atoms with van der Waals surface area (Å²) in [6.45, 7) is 5.41. The number of benzene rings is 2. The molecule has 7 heteroatoms. The SMILES string of the molecule is Cc1cccc(O[C@@H](C)C(=O)NNC(=O)/C=C/c2c(F)cccc2Cl)c1C. The predicted molar refractivity (Wildman–Crippen MR) is 103 cm³/mol. The van der Waals surface area contributed by atoms with Gasteiger partial charge in [0.2, 0.25) is 0 Å². The van der Waals surface area contributed by atoms with Gasteiger partial charge in [0, 0.05) is 11.6 Å². The summed E-state index contributed by atoms with van der Waals surface area (Å²) in [7, 11) is 0. The summed E-state index contributed by atoms with van der Waals surface area (Å²) in [6.07, 6.45) is 1.48. The Hall–Kier alpha value is -2.86.